The lowest BCUT2D eigenvalue weighted by Crippen LogP contribution is -2.43. The van der Waals surface area contributed by atoms with Gasteiger partial charge in [0.25, 0.3) is 0 Å². The van der Waals surface area contributed by atoms with Crippen molar-refractivity contribution < 1.29 is 9.90 Å². The van der Waals surface area contributed by atoms with Crippen LogP contribution in [0.5, 0.6) is 0 Å². The third kappa shape index (κ3) is 3.64. The molecule has 1 N–H and O–H groups in total. The molecule has 3 heteroatoms. The molecule has 2 rings (SSSR count). The zero-order chi connectivity index (χ0) is 13.7. The molecule has 0 saturated heterocycles. The van der Waals surface area contributed by atoms with Crippen LogP contribution >= 0.6 is 0 Å². The Morgan fingerprint density at radius 3 is 2.68 bits per heavy atom. The first-order valence-corrected chi connectivity index (χ1v) is 7.16. The van der Waals surface area contributed by atoms with Crippen LogP contribution in [0, 0.1) is 6.92 Å². The Labute approximate surface area is 115 Å². The first kappa shape index (κ1) is 14.2. The largest absolute Gasteiger partial charge is 0.396 e. The van der Waals surface area contributed by atoms with E-state index in [2.05, 4.69) is 4.90 Å². The third-order valence-electron chi connectivity index (χ3n) is 3.99. The van der Waals surface area contributed by atoms with Gasteiger partial charge in [0.15, 0.2) is 5.78 Å². The second-order valence-electron chi connectivity index (χ2n) is 5.37. The maximum absolute atomic E-state index is 12.4. The van der Waals surface area contributed by atoms with Gasteiger partial charge in [-0.05, 0) is 31.7 Å². The summed E-state index contributed by atoms with van der Waals surface area (Å²) in [6, 6.07) is 8.31. The molecule has 0 bridgehead atoms. The quantitative estimate of drug-likeness (QED) is 0.766. The second kappa shape index (κ2) is 6.83. The fourth-order valence-corrected chi connectivity index (χ4v) is 2.57. The molecule has 0 atom stereocenters. The van der Waals surface area contributed by atoms with E-state index < -0.39 is 0 Å². The third-order valence-corrected chi connectivity index (χ3v) is 3.99. The minimum absolute atomic E-state index is 0.196. The lowest BCUT2D eigenvalue weighted by molar-refractivity contribution is 0.0787. The molecule has 19 heavy (non-hydrogen) atoms. The van der Waals surface area contributed by atoms with Gasteiger partial charge in [0.2, 0.25) is 0 Å². The molecular weight excluding hydrogens is 238 g/mol. The lowest BCUT2D eigenvalue weighted by atomic mass is 9.90. The fourth-order valence-electron chi connectivity index (χ4n) is 2.57. The van der Waals surface area contributed by atoms with E-state index >= 15 is 0 Å². The number of benzene rings is 1. The predicted molar refractivity (Wildman–Crippen MR) is 76.4 cm³/mol. The Bertz CT molecular complexity index is 427. The molecule has 104 valence electrons. The molecule has 1 aliphatic rings. The first-order valence-electron chi connectivity index (χ1n) is 7.16. The number of Topliss-reactive ketones (excluding diaryl/α,β-unsaturated/α-hetero) is 1. The Balaban J connectivity index is 1.99. The van der Waals surface area contributed by atoms with Gasteiger partial charge < -0.3 is 5.11 Å². The predicted octanol–water partition coefficient (Wildman–Crippen LogP) is 2.41. The Hall–Kier alpha value is -1.19. The number of hydrogen-bond donors (Lipinski definition) is 1. The SMILES string of the molecule is Cc1ccccc1C(=O)CN(CCCO)C1CCC1. The highest BCUT2D eigenvalue weighted by Gasteiger charge is 2.26. The van der Waals surface area contributed by atoms with Gasteiger partial charge in [-0.2, -0.15) is 0 Å². The van der Waals surface area contributed by atoms with Crippen molar-refractivity contribution in [3.8, 4) is 0 Å². The smallest absolute Gasteiger partial charge is 0.177 e. The summed E-state index contributed by atoms with van der Waals surface area (Å²) in [5.41, 5.74) is 1.87. The van der Waals surface area contributed by atoms with Crippen molar-refractivity contribution in [3.05, 3.63) is 35.4 Å². The van der Waals surface area contributed by atoms with Crippen LogP contribution in [0.2, 0.25) is 0 Å². The molecule has 0 aromatic heterocycles. The van der Waals surface area contributed by atoms with Gasteiger partial charge in [0, 0.05) is 24.8 Å². The summed E-state index contributed by atoms with van der Waals surface area (Å²) in [6.07, 6.45) is 4.38. The van der Waals surface area contributed by atoms with Crippen LogP contribution < -0.4 is 0 Å². The van der Waals surface area contributed by atoms with E-state index in [1.165, 1.54) is 19.3 Å². The van der Waals surface area contributed by atoms with Crippen LogP contribution in [0.4, 0.5) is 0 Å². The highest BCUT2D eigenvalue weighted by molar-refractivity contribution is 5.98. The highest BCUT2D eigenvalue weighted by atomic mass is 16.3. The second-order valence-corrected chi connectivity index (χ2v) is 5.37. The van der Waals surface area contributed by atoms with Gasteiger partial charge in [0.1, 0.15) is 0 Å². The van der Waals surface area contributed by atoms with Gasteiger partial charge in [-0.1, -0.05) is 30.7 Å². The summed E-state index contributed by atoms with van der Waals surface area (Å²) in [5, 5.41) is 8.97. The molecule has 0 unspecified atom stereocenters. The van der Waals surface area contributed by atoms with Crippen LogP contribution in [0.1, 0.15) is 41.6 Å². The normalized spacial score (nSPS) is 15.5. The number of carbonyl (C=O) groups excluding carboxylic acids is 1. The van der Waals surface area contributed by atoms with Gasteiger partial charge in [0.05, 0.1) is 6.54 Å². The van der Waals surface area contributed by atoms with E-state index in [0.29, 0.717) is 12.6 Å². The molecule has 0 heterocycles. The lowest BCUT2D eigenvalue weighted by Gasteiger charge is -2.37. The van der Waals surface area contributed by atoms with Crippen molar-refractivity contribution in [2.24, 2.45) is 0 Å². The molecule has 3 nitrogen and oxygen atoms in total. The topological polar surface area (TPSA) is 40.5 Å². The number of nitrogens with zero attached hydrogens (tertiary/aromatic N) is 1. The van der Waals surface area contributed by atoms with E-state index in [4.69, 9.17) is 5.11 Å². The van der Waals surface area contributed by atoms with Crippen LogP contribution in [0.25, 0.3) is 0 Å². The number of hydrogen-bond acceptors (Lipinski definition) is 3. The number of carbonyl (C=O) groups is 1. The summed E-state index contributed by atoms with van der Waals surface area (Å²) >= 11 is 0. The number of ketones is 1. The standard InChI is InChI=1S/C16H23NO2/c1-13-6-2-3-9-15(13)16(19)12-17(10-5-11-18)14-7-4-8-14/h2-3,6,9,14,18H,4-5,7-8,10-12H2,1H3. The molecule has 1 fully saturated rings. The molecule has 0 spiro atoms. The molecular formula is C16H23NO2. The van der Waals surface area contributed by atoms with Crippen LogP contribution in [0.3, 0.4) is 0 Å². The van der Waals surface area contributed by atoms with Crippen molar-refractivity contribution in [2.75, 3.05) is 19.7 Å². The number of aliphatic hydroxyl groups is 1. The average molecular weight is 261 g/mol. The van der Waals surface area contributed by atoms with E-state index in [-0.39, 0.29) is 12.4 Å². The van der Waals surface area contributed by atoms with Crippen LogP contribution in [-0.4, -0.2) is 41.5 Å². The molecule has 1 aromatic rings. The van der Waals surface area contributed by atoms with E-state index in [0.717, 1.165) is 24.1 Å². The number of aryl methyl sites for hydroxylation is 1. The number of rotatable bonds is 7. The molecule has 0 amide bonds. The van der Waals surface area contributed by atoms with Crippen LogP contribution in [-0.2, 0) is 0 Å². The summed E-state index contributed by atoms with van der Waals surface area (Å²) in [7, 11) is 0. The van der Waals surface area contributed by atoms with Gasteiger partial charge in [-0.3, -0.25) is 9.69 Å². The minimum atomic E-state index is 0.196. The minimum Gasteiger partial charge on any atom is -0.396 e. The molecule has 0 radical (unpaired) electrons. The summed E-state index contributed by atoms with van der Waals surface area (Å²) in [6.45, 7) is 3.48. The Morgan fingerprint density at radius 1 is 1.37 bits per heavy atom. The first-order chi connectivity index (χ1) is 9.22. The zero-order valence-electron chi connectivity index (χ0n) is 11.6. The Morgan fingerprint density at radius 2 is 2.11 bits per heavy atom. The fraction of sp³-hybridized carbons (Fsp3) is 0.562. The molecule has 1 saturated carbocycles. The average Bonchev–Trinajstić information content (AvgIpc) is 2.34. The van der Waals surface area contributed by atoms with Crippen molar-refractivity contribution in [1.29, 1.82) is 0 Å². The summed E-state index contributed by atoms with van der Waals surface area (Å²) in [4.78, 5) is 14.6. The van der Waals surface area contributed by atoms with Crippen molar-refractivity contribution >= 4 is 5.78 Å². The Kier molecular flexibility index (Phi) is 5.11. The van der Waals surface area contributed by atoms with Crippen LogP contribution in [0.15, 0.2) is 24.3 Å². The van der Waals surface area contributed by atoms with E-state index in [1.807, 2.05) is 31.2 Å². The molecule has 1 aliphatic carbocycles. The number of aliphatic hydroxyl groups excluding tert-OH is 1. The maximum atomic E-state index is 12.4. The highest BCUT2D eigenvalue weighted by Crippen LogP contribution is 2.25. The van der Waals surface area contributed by atoms with Gasteiger partial charge in [-0.25, -0.2) is 0 Å². The van der Waals surface area contributed by atoms with Gasteiger partial charge >= 0.3 is 0 Å². The van der Waals surface area contributed by atoms with Crippen molar-refractivity contribution in [1.82, 2.24) is 4.90 Å². The van der Waals surface area contributed by atoms with Crippen molar-refractivity contribution in [3.63, 3.8) is 0 Å². The monoisotopic (exact) mass is 261 g/mol. The maximum Gasteiger partial charge on any atom is 0.177 e. The summed E-state index contributed by atoms with van der Waals surface area (Å²) < 4.78 is 0. The molecule has 1 aromatic carbocycles. The van der Waals surface area contributed by atoms with Gasteiger partial charge in [-0.15, -0.1) is 0 Å². The zero-order valence-corrected chi connectivity index (χ0v) is 11.6. The van der Waals surface area contributed by atoms with E-state index in [1.54, 1.807) is 0 Å². The van der Waals surface area contributed by atoms with E-state index in [9.17, 15) is 4.79 Å². The van der Waals surface area contributed by atoms with Crippen molar-refractivity contribution in [2.45, 2.75) is 38.6 Å². The summed E-state index contributed by atoms with van der Waals surface area (Å²) in [5.74, 6) is 0.197. The molecule has 0 aliphatic heterocycles.